The molecule has 0 aliphatic carbocycles. The van der Waals surface area contributed by atoms with Gasteiger partial charge < -0.3 is 19.7 Å². The number of carbonyl (C=O) groups is 3. The maximum absolute atomic E-state index is 12.5. The summed E-state index contributed by atoms with van der Waals surface area (Å²) in [7, 11) is 0. The number of rotatable bonds is 7. The molecule has 30 heavy (non-hydrogen) atoms. The second kappa shape index (κ2) is 9.63. The fourth-order valence-corrected chi connectivity index (χ4v) is 3.41. The van der Waals surface area contributed by atoms with E-state index in [1.807, 2.05) is 13.0 Å². The standard InChI is InChI=1S/C22H23ClN2O5/c1-3-29-19-10-5-4-9-18(19)25-12-15(11-21(25)27)22(28)30-13-20(26)24-17-8-6-7-16(23)14(17)2/h4-10,15H,3,11-13H2,1-2H3,(H,24,26)/t15-/m0/s1. The van der Waals surface area contributed by atoms with Crippen molar-refractivity contribution < 1.29 is 23.9 Å². The molecule has 1 aliphatic rings. The summed E-state index contributed by atoms with van der Waals surface area (Å²) in [5, 5.41) is 3.20. The van der Waals surface area contributed by atoms with Crippen LogP contribution >= 0.6 is 11.6 Å². The van der Waals surface area contributed by atoms with Gasteiger partial charge in [0.15, 0.2) is 6.61 Å². The van der Waals surface area contributed by atoms with Crippen LogP contribution in [0.4, 0.5) is 11.4 Å². The lowest BCUT2D eigenvalue weighted by atomic mass is 10.1. The highest BCUT2D eigenvalue weighted by molar-refractivity contribution is 6.31. The van der Waals surface area contributed by atoms with Gasteiger partial charge in [-0.1, -0.05) is 29.8 Å². The second-order valence-electron chi connectivity index (χ2n) is 6.87. The monoisotopic (exact) mass is 430 g/mol. The van der Waals surface area contributed by atoms with Crippen LogP contribution in [0.5, 0.6) is 5.75 Å². The van der Waals surface area contributed by atoms with Crippen molar-refractivity contribution in [3.63, 3.8) is 0 Å². The van der Waals surface area contributed by atoms with E-state index >= 15 is 0 Å². The maximum atomic E-state index is 12.5. The molecule has 8 heteroatoms. The molecule has 0 radical (unpaired) electrons. The Balaban J connectivity index is 1.57. The molecule has 1 heterocycles. The summed E-state index contributed by atoms with van der Waals surface area (Å²) >= 11 is 6.04. The maximum Gasteiger partial charge on any atom is 0.311 e. The molecule has 1 fully saturated rings. The molecule has 1 N–H and O–H groups in total. The lowest BCUT2D eigenvalue weighted by Gasteiger charge is -2.20. The number of nitrogens with zero attached hydrogens (tertiary/aromatic N) is 1. The van der Waals surface area contributed by atoms with Crippen LogP contribution in [0.3, 0.4) is 0 Å². The highest BCUT2D eigenvalue weighted by Gasteiger charge is 2.37. The van der Waals surface area contributed by atoms with Gasteiger partial charge in [-0.15, -0.1) is 0 Å². The molecule has 158 valence electrons. The second-order valence-corrected chi connectivity index (χ2v) is 7.28. The molecule has 0 saturated carbocycles. The van der Waals surface area contributed by atoms with Gasteiger partial charge in [0.1, 0.15) is 5.75 Å². The quantitative estimate of drug-likeness (QED) is 0.678. The van der Waals surface area contributed by atoms with Gasteiger partial charge in [0.25, 0.3) is 5.91 Å². The molecule has 0 spiro atoms. The van der Waals surface area contributed by atoms with Gasteiger partial charge in [0, 0.05) is 23.7 Å². The molecule has 7 nitrogen and oxygen atoms in total. The minimum atomic E-state index is -0.645. The summed E-state index contributed by atoms with van der Waals surface area (Å²) in [5.41, 5.74) is 1.90. The minimum absolute atomic E-state index is 0.0221. The third-order valence-corrected chi connectivity index (χ3v) is 5.21. The van der Waals surface area contributed by atoms with Crippen molar-refractivity contribution in [3.8, 4) is 5.75 Å². The largest absolute Gasteiger partial charge is 0.492 e. The normalized spacial score (nSPS) is 15.8. The fourth-order valence-electron chi connectivity index (χ4n) is 3.24. The number of hydrogen-bond donors (Lipinski definition) is 1. The first-order valence-electron chi connectivity index (χ1n) is 9.64. The van der Waals surface area contributed by atoms with Gasteiger partial charge in [-0.05, 0) is 43.7 Å². The molecule has 1 saturated heterocycles. The third kappa shape index (κ3) is 4.91. The summed E-state index contributed by atoms with van der Waals surface area (Å²) in [6, 6.07) is 12.3. The van der Waals surface area contributed by atoms with Crippen molar-refractivity contribution in [1.82, 2.24) is 0 Å². The Bertz CT molecular complexity index is 962. The molecule has 2 aromatic carbocycles. The predicted octanol–water partition coefficient (Wildman–Crippen LogP) is 3.58. The number of para-hydroxylation sites is 2. The van der Waals surface area contributed by atoms with Gasteiger partial charge in [-0.3, -0.25) is 14.4 Å². The van der Waals surface area contributed by atoms with E-state index in [1.54, 1.807) is 43.3 Å². The summed E-state index contributed by atoms with van der Waals surface area (Å²) in [4.78, 5) is 38.5. The predicted molar refractivity (Wildman–Crippen MR) is 114 cm³/mol. The van der Waals surface area contributed by atoms with Crippen molar-refractivity contribution in [1.29, 1.82) is 0 Å². The summed E-state index contributed by atoms with van der Waals surface area (Å²) < 4.78 is 10.7. The van der Waals surface area contributed by atoms with Crippen LogP contribution in [0, 0.1) is 12.8 Å². The van der Waals surface area contributed by atoms with E-state index in [9.17, 15) is 14.4 Å². The molecule has 1 aliphatic heterocycles. The molecule has 1 atom stereocenters. The summed E-state index contributed by atoms with van der Waals surface area (Å²) in [6.45, 7) is 3.84. The molecular formula is C22H23ClN2O5. The number of amides is 2. The summed E-state index contributed by atoms with van der Waals surface area (Å²) in [6.07, 6.45) is 0.0221. The van der Waals surface area contributed by atoms with E-state index in [2.05, 4.69) is 5.32 Å². The van der Waals surface area contributed by atoms with Gasteiger partial charge >= 0.3 is 5.97 Å². The van der Waals surface area contributed by atoms with Gasteiger partial charge in [-0.2, -0.15) is 0 Å². The average molecular weight is 431 g/mol. The van der Waals surface area contributed by atoms with Crippen LogP contribution < -0.4 is 15.0 Å². The number of hydrogen-bond acceptors (Lipinski definition) is 5. The Morgan fingerprint density at radius 1 is 1.20 bits per heavy atom. The Hall–Kier alpha value is -3.06. The first kappa shape index (κ1) is 21.6. The van der Waals surface area contributed by atoms with E-state index in [1.165, 1.54) is 4.90 Å². The minimum Gasteiger partial charge on any atom is -0.492 e. The van der Waals surface area contributed by atoms with Crippen LogP contribution in [0.2, 0.25) is 5.02 Å². The number of esters is 1. The van der Waals surface area contributed by atoms with Crippen LogP contribution in [-0.4, -0.2) is 37.5 Å². The number of carbonyl (C=O) groups excluding carboxylic acids is 3. The topological polar surface area (TPSA) is 84.9 Å². The van der Waals surface area contributed by atoms with Gasteiger partial charge in [-0.25, -0.2) is 0 Å². The van der Waals surface area contributed by atoms with Crippen LogP contribution in [0.25, 0.3) is 0 Å². The Labute approximate surface area is 179 Å². The zero-order chi connectivity index (χ0) is 21.7. The molecule has 2 amide bonds. The van der Waals surface area contributed by atoms with Crippen molar-refractivity contribution in [3.05, 3.63) is 53.1 Å². The van der Waals surface area contributed by atoms with Gasteiger partial charge in [0.05, 0.1) is 18.2 Å². The molecule has 0 aromatic heterocycles. The lowest BCUT2D eigenvalue weighted by molar-refractivity contribution is -0.151. The van der Waals surface area contributed by atoms with Crippen molar-refractivity contribution in [2.24, 2.45) is 5.92 Å². The molecule has 2 aromatic rings. The van der Waals surface area contributed by atoms with Crippen LogP contribution in [0.15, 0.2) is 42.5 Å². The average Bonchev–Trinajstić information content (AvgIpc) is 3.12. The van der Waals surface area contributed by atoms with Crippen molar-refractivity contribution in [2.45, 2.75) is 20.3 Å². The van der Waals surface area contributed by atoms with Crippen molar-refractivity contribution in [2.75, 3.05) is 30.0 Å². The van der Waals surface area contributed by atoms with E-state index in [0.717, 1.165) is 5.56 Å². The van der Waals surface area contributed by atoms with E-state index in [4.69, 9.17) is 21.1 Å². The van der Waals surface area contributed by atoms with E-state index in [0.29, 0.717) is 28.8 Å². The number of benzene rings is 2. The molecule has 3 rings (SSSR count). The van der Waals surface area contributed by atoms with Crippen LogP contribution in [-0.2, 0) is 19.1 Å². The Morgan fingerprint density at radius 3 is 2.73 bits per heavy atom. The SMILES string of the molecule is CCOc1ccccc1N1C[C@@H](C(=O)OCC(=O)Nc2cccc(Cl)c2C)CC1=O. The fraction of sp³-hybridized carbons (Fsp3) is 0.318. The van der Waals surface area contributed by atoms with E-state index < -0.39 is 24.4 Å². The Kier molecular flexibility index (Phi) is 6.95. The molecule has 0 unspecified atom stereocenters. The van der Waals surface area contributed by atoms with Crippen LogP contribution in [0.1, 0.15) is 18.9 Å². The lowest BCUT2D eigenvalue weighted by Crippen LogP contribution is -2.28. The smallest absolute Gasteiger partial charge is 0.311 e. The number of halogens is 1. The molecular weight excluding hydrogens is 408 g/mol. The first-order valence-corrected chi connectivity index (χ1v) is 10.0. The van der Waals surface area contributed by atoms with Crippen molar-refractivity contribution >= 4 is 40.8 Å². The van der Waals surface area contributed by atoms with Gasteiger partial charge in [0.2, 0.25) is 5.91 Å². The number of nitrogens with one attached hydrogen (secondary N) is 1. The zero-order valence-electron chi connectivity index (χ0n) is 16.8. The highest BCUT2D eigenvalue weighted by atomic mass is 35.5. The number of anilines is 2. The molecule has 0 bridgehead atoms. The first-order chi connectivity index (χ1) is 14.4. The summed E-state index contributed by atoms with van der Waals surface area (Å²) in [5.74, 6) is -1.32. The van der Waals surface area contributed by atoms with E-state index in [-0.39, 0.29) is 18.9 Å². The number of ether oxygens (including phenoxy) is 2. The highest BCUT2D eigenvalue weighted by Crippen LogP contribution is 2.33. The Morgan fingerprint density at radius 2 is 1.97 bits per heavy atom. The zero-order valence-corrected chi connectivity index (χ0v) is 17.6. The third-order valence-electron chi connectivity index (χ3n) is 4.80.